The van der Waals surface area contributed by atoms with Crippen molar-refractivity contribution < 1.29 is 31.3 Å². The fourth-order valence-corrected chi connectivity index (χ4v) is 4.18. The summed E-state index contributed by atoms with van der Waals surface area (Å²) in [5.41, 5.74) is -3.80. The topological polar surface area (TPSA) is 155 Å². The van der Waals surface area contributed by atoms with Crippen LogP contribution in [-0.2, 0) is 21.3 Å². The molecule has 192 valence electrons. The molecule has 2 aromatic heterocycles. The first-order chi connectivity index (χ1) is 17.2. The lowest BCUT2D eigenvalue weighted by molar-refractivity contribution is -0.142. The largest absolute Gasteiger partial charge is 0.435 e. The van der Waals surface area contributed by atoms with Gasteiger partial charge in [-0.1, -0.05) is 6.07 Å². The first-order valence-corrected chi connectivity index (χ1v) is 12.4. The number of amides is 1. The van der Waals surface area contributed by atoms with Gasteiger partial charge in [-0.05, 0) is 43.5 Å². The lowest BCUT2D eigenvalue weighted by Crippen LogP contribution is -2.21. The van der Waals surface area contributed by atoms with Gasteiger partial charge in [0.1, 0.15) is 5.56 Å². The fraction of sp³-hybridized carbons (Fsp3) is 0.273. The van der Waals surface area contributed by atoms with Crippen molar-refractivity contribution in [3.05, 3.63) is 58.8 Å². The molecule has 0 bridgehead atoms. The highest BCUT2D eigenvalue weighted by Crippen LogP contribution is 2.48. The summed E-state index contributed by atoms with van der Waals surface area (Å²) in [4.78, 5) is 20.5. The summed E-state index contributed by atoms with van der Waals surface area (Å²) in [6, 6.07) is 6.75. The smallest absolute Gasteiger partial charge is 0.403 e. The molecule has 37 heavy (non-hydrogen) atoms. The van der Waals surface area contributed by atoms with Gasteiger partial charge in [-0.25, -0.2) is 14.0 Å². The number of hydrogen-bond acceptors (Lipinski definition) is 9. The molecule has 0 aliphatic heterocycles. The van der Waals surface area contributed by atoms with Crippen LogP contribution in [0.1, 0.15) is 40.0 Å². The molecule has 0 spiro atoms. The van der Waals surface area contributed by atoms with Crippen LogP contribution in [0, 0.1) is 29.0 Å². The third-order valence-electron chi connectivity index (χ3n) is 5.61. The second-order valence-electron chi connectivity index (χ2n) is 8.33. The molecule has 1 fully saturated rings. The zero-order valence-electron chi connectivity index (χ0n) is 19.2. The maximum atomic E-state index is 14.6. The molecule has 3 aromatic rings. The molecule has 2 N–H and O–H groups in total. The molecule has 1 aliphatic carbocycles. The first-order valence-electron chi connectivity index (χ1n) is 10.5. The van der Waals surface area contributed by atoms with Crippen LogP contribution in [0.2, 0.25) is 0 Å². The summed E-state index contributed by atoms with van der Waals surface area (Å²) in [7, 11) is -3.14. The van der Waals surface area contributed by atoms with Crippen molar-refractivity contribution in [1.29, 1.82) is 10.0 Å². The molecule has 1 aromatic carbocycles. The number of halogens is 4. The van der Waals surface area contributed by atoms with E-state index in [9.17, 15) is 31.8 Å². The molecule has 0 radical (unpaired) electrons. The number of ether oxygens (including phenoxy) is 1. The number of alkyl halides is 3. The van der Waals surface area contributed by atoms with Crippen molar-refractivity contribution in [1.82, 2.24) is 20.2 Å². The number of nitrogens with one attached hydrogen (secondary N) is 2. The fourth-order valence-electron chi connectivity index (χ4n) is 3.49. The summed E-state index contributed by atoms with van der Waals surface area (Å²) in [6.45, 7) is 0.979. The van der Waals surface area contributed by atoms with Gasteiger partial charge in [0.05, 0.1) is 21.2 Å². The maximum absolute atomic E-state index is 14.6. The Labute approximate surface area is 207 Å². The predicted molar refractivity (Wildman–Crippen MR) is 120 cm³/mol. The summed E-state index contributed by atoms with van der Waals surface area (Å²) >= 11 is 0. The lowest BCUT2D eigenvalue weighted by Gasteiger charge is -2.16. The summed E-state index contributed by atoms with van der Waals surface area (Å²) in [5, 5.41) is 18.1. The predicted octanol–water partition coefficient (Wildman–Crippen LogP) is 4.37. The van der Waals surface area contributed by atoms with Crippen LogP contribution in [0.3, 0.4) is 0 Å². The van der Waals surface area contributed by atoms with Crippen molar-refractivity contribution in [3.8, 4) is 18.0 Å². The molecule has 1 unspecified atom stereocenters. The number of rotatable bonds is 6. The number of nitrogens with zero attached hydrogens (tertiary/aromatic N) is 5. The Morgan fingerprint density at radius 1 is 1.30 bits per heavy atom. The van der Waals surface area contributed by atoms with Gasteiger partial charge in [0, 0.05) is 28.6 Å². The van der Waals surface area contributed by atoms with E-state index in [4.69, 9.17) is 9.52 Å². The molecule has 1 amide bonds. The molecule has 1 aliphatic rings. The minimum atomic E-state index is -4.95. The molecule has 2 heterocycles. The van der Waals surface area contributed by atoms with Gasteiger partial charge < -0.3 is 10.1 Å². The highest BCUT2D eigenvalue weighted by molar-refractivity contribution is 7.91. The van der Waals surface area contributed by atoms with Crippen molar-refractivity contribution >= 4 is 21.3 Å². The number of nitriles is 1. The van der Waals surface area contributed by atoms with Crippen molar-refractivity contribution in [2.45, 2.75) is 36.3 Å². The van der Waals surface area contributed by atoms with Crippen molar-refractivity contribution in [2.75, 3.05) is 11.6 Å². The molecular formula is C22H17F4N7O3S. The number of carbonyl (C=O) groups is 1. The van der Waals surface area contributed by atoms with Crippen LogP contribution in [0.5, 0.6) is 11.9 Å². The summed E-state index contributed by atoms with van der Waals surface area (Å²) in [5.74, 6) is -2.88. The Bertz CT molecular complexity index is 1570. The molecule has 15 heteroatoms. The zero-order valence-corrected chi connectivity index (χ0v) is 20.0. The summed E-state index contributed by atoms with van der Waals surface area (Å²) < 4.78 is 80.0. The van der Waals surface area contributed by atoms with Crippen LogP contribution >= 0.6 is 0 Å². The molecule has 4 rings (SSSR count). The molecule has 1 atom stereocenters. The third-order valence-corrected chi connectivity index (χ3v) is 6.76. The Balaban J connectivity index is 1.73. The Morgan fingerprint density at radius 3 is 2.57 bits per heavy atom. The number of anilines is 1. The van der Waals surface area contributed by atoms with Crippen molar-refractivity contribution in [2.24, 2.45) is 0 Å². The van der Waals surface area contributed by atoms with Crippen LogP contribution < -0.4 is 10.1 Å². The van der Waals surface area contributed by atoms with E-state index in [0.717, 1.165) is 13.1 Å². The molecule has 10 nitrogen and oxygen atoms in total. The van der Waals surface area contributed by atoms with E-state index >= 15 is 0 Å². The minimum absolute atomic E-state index is 0.0397. The van der Waals surface area contributed by atoms with Crippen LogP contribution in [0.4, 0.5) is 23.2 Å². The average molecular weight is 535 g/mol. The zero-order chi connectivity index (χ0) is 27.2. The van der Waals surface area contributed by atoms with Crippen molar-refractivity contribution in [3.63, 3.8) is 0 Å². The van der Waals surface area contributed by atoms with Crippen LogP contribution in [0.15, 0.2) is 35.4 Å². The quantitative estimate of drug-likeness (QED) is 0.348. The van der Waals surface area contributed by atoms with E-state index < -0.39 is 61.9 Å². The van der Waals surface area contributed by atoms with E-state index in [0.29, 0.717) is 12.8 Å². The second kappa shape index (κ2) is 9.04. The molecule has 0 saturated heterocycles. The lowest BCUT2D eigenvalue weighted by atomic mass is 10.0. The number of carbonyl (C=O) groups excluding carboxylic acids is 1. The van der Waals surface area contributed by atoms with Crippen LogP contribution in [0.25, 0.3) is 0 Å². The Kier molecular flexibility index (Phi) is 6.32. The molecular weight excluding hydrogens is 518 g/mol. The highest BCUT2D eigenvalue weighted by atomic mass is 32.2. The second-order valence-corrected chi connectivity index (χ2v) is 10.5. The minimum Gasteiger partial charge on any atom is -0.403 e. The van der Waals surface area contributed by atoms with E-state index in [1.807, 2.05) is 6.07 Å². The van der Waals surface area contributed by atoms with Gasteiger partial charge in [0.2, 0.25) is 5.95 Å². The van der Waals surface area contributed by atoms with Gasteiger partial charge in [-0.3, -0.25) is 4.79 Å². The van der Waals surface area contributed by atoms with Gasteiger partial charge in [-0.2, -0.15) is 27.8 Å². The number of hydrogen-bond donors (Lipinski definition) is 2. The van der Waals surface area contributed by atoms with Crippen LogP contribution in [-0.4, -0.2) is 36.5 Å². The average Bonchev–Trinajstić information content (AvgIpc) is 3.59. The normalized spacial score (nSPS) is 15.8. The van der Waals surface area contributed by atoms with Gasteiger partial charge in [-0.15, -0.1) is 10.2 Å². The number of aromatic nitrogens is 4. The van der Waals surface area contributed by atoms with Gasteiger partial charge in [0.25, 0.3) is 11.8 Å². The maximum Gasteiger partial charge on any atom is 0.435 e. The Morgan fingerprint density at radius 2 is 2.00 bits per heavy atom. The monoisotopic (exact) mass is 535 g/mol. The van der Waals surface area contributed by atoms with E-state index in [2.05, 4.69) is 25.5 Å². The SMILES string of the molecule is Cc1c(C(F)(F)F)nnc(Oc2ncc(C3(C#N)CC3)c(F)n2)c1C(=O)Nc1cccc(S(C)(=N)=O)c1. The van der Waals surface area contributed by atoms with Gasteiger partial charge in [0.15, 0.2) is 5.69 Å². The Hall–Kier alpha value is -4.19. The third kappa shape index (κ3) is 5.19. The first kappa shape index (κ1) is 25.9. The van der Waals surface area contributed by atoms with E-state index in [1.165, 1.54) is 30.5 Å². The highest BCUT2D eigenvalue weighted by Gasteiger charge is 2.48. The summed E-state index contributed by atoms with van der Waals surface area (Å²) in [6.07, 6.45) is -1.91. The standard InChI is InChI=1S/C22H17F4N7O3S/c1-11-15(18(34)30-12-4-3-5-13(8-12)37(2,28)35)19(33-32-16(11)22(24,25)26)36-20-29-9-14(17(23)31-20)21(10-27)6-7-21/h3-5,8-9,28H,6-7H2,1-2H3,(H,30,34). The van der Waals surface area contributed by atoms with E-state index in [-0.39, 0.29) is 16.1 Å². The molecule has 1 saturated carbocycles. The van der Waals surface area contributed by atoms with Gasteiger partial charge >= 0.3 is 12.2 Å². The van der Waals surface area contributed by atoms with E-state index in [1.54, 1.807) is 0 Å². The number of benzene rings is 1.